The predicted octanol–water partition coefficient (Wildman–Crippen LogP) is 2.14. The van der Waals surface area contributed by atoms with E-state index in [1.54, 1.807) is 0 Å². The summed E-state index contributed by atoms with van der Waals surface area (Å²) in [4.78, 5) is 2.36. The van der Waals surface area contributed by atoms with E-state index in [0.29, 0.717) is 6.04 Å². The zero-order valence-electron chi connectivity index (χ0n) is 8.92. The van der Waals surface area contributed by atoms with E-state index in [0.717, 1.165) is 16.7 Å². The average Bonchev–Trinajstić information content (AvgIpc) is 2.66. The molecule has 1 aliphatic heterocycles. The number of aromatic nitrogens is 2. The van der Waals surface area contributed by atoms with Gasteiger partial charge in [0.2, 0.25) is 0 Å². The Bertz CT molecular complexity index is 345. The van der Waals surface area contributed by atoms with Gasteiger partial charge in [0, 0.05) is 6.54 Å². The molecular weight excluding hydrogens is 242 g/mol. The molecule has 0 saturated carbocycles. The second-order valence-electron chi connectivity index (χ2n) is 4.13. The van der Waals surface area contributed by atoms with Crippen molar-refractivity contribution in [3.05, 3.63) is 15.9 Å². The summed E-state index contributed by atoms with van der Waals surface area (Å²) in [7, 11) is 2.17. The summed E-state index contributed by atoms with van der Waals surface area (Å²) in [6.45, 7) is 6.48. The molecular formula is C10H16BrN3. The van der Waals surface area contributed by atoms with E-state index >= 15 is 0 Å². The summed E-state index contributed by atoms with van der Waals surface area (Å²) < 4.78 is 3.33. The van der Waals surface area contributed by atoms with Crippen molar-refractivity contribution in [1.82, 2.24) is 14.7 Å². The molecule has 0 aromatic carbocycles. The van der Waals surface area contributed by atoms with Crippen LogP contribution in [0.15, 0.2) is 4.47 Å². The second kappa shape index (κ2) is 3.66. The second-order valence-corrected chi connectivity index (χ2v) is 4.93. The molecule has 14 heavy (non-hydrogen) atoms. The predicted molar refractivity (Wildman–Crippen MR) is 60.6 cm³/mol. The largest absolute Gasteiger partial charge is 0.304 e. The third-order valence-electron chi connectivity index (χ3n) is 2.95. The van der Waals surface area contributed by atoms with Gasteiger partial charge in [-0.15, -0.1) is 0 Å². The smallest absolute Gasteiger partial charge is 0.0738 e. The summed E-state index contributed by atoms with van der Waals surface area (Å²) in [6.07, 6.45) is 1.21. The normalized spacial score (nSPS) is 23.3. The highest BCUT2D eigenvalue weighted by molar-refractivity contribution is 9.10. The van der Waals surface area contributed by atoms with Crippen molar-refractivity contribution in [3.8, 4) is 0 Å². The Balaban J connectivity index is 2.28. The van der Waals surface area contributed by atoms with E-state index in [2.05, 4.69) is 44.6 Å². The third kappa shape index (κ3) is 1.61. The molecule has 1 saturated heterocycles. The molecule has 1 aliphatic rings. The number of aryl methyl sites for hydroxylation is 1. The van der Waals surface area contributed by atoms with Gasteiger partial charge in [0.25, 0.3) is 0 Å². The van der Waals surface area contributed by atoms with Gasteiger partial charge in [-0.2, -0.15) is 5.10 Å². The van der Waals surface area contributed by atoms with Crippen LogP contribution >= 0.6 is 15.9 Å². The zero-order valence-corrected chi connectivity index (χ0v) is 10.5. The number of rotatable bonds is 1. The third-order valence-corrected chi connectivity index (χ3v) is 4.10. The molecule has 0 spiro atoms. The fraction of sp³-hybridized carbons (Fsp3) is 0.700. The fourth-order valence-corrected chi connectivity index (χ4v) is 2.37. The molecule has 1 aromatic rings. The van der Waals surface area contributed by atoms with Crippen molar-refractivity contribution in [1.29, 1.82) is 0 Å². The van der Waals surface area contributed by atoms with Crippen LogP contribution in [-0.2, 0) is 0 Å². The Morgan fingerprint density at radius 1 is 1.43 bits per heavy atom. The van der Waals surface area contributed by atoms with Crippen molar-refractivity contribution in [2.24, 2.45) is 0 Å². The molecule has 0 N–H and O–H groups in total. The van der Waals surface area contributed by atoms with E-state index in [-0.39, 0.29) is 0 Å². The lowest BCUT2D eigenvalue weighted by molar-refractivity contribution is 0.379. The van der Waals surface area contributed by atoms with Crippen LogP contribution in [0.4, 0.5) is 0 Å². The van der Waals surface area contributed by atoms with Crippen molar-refractivity contribution in [3.63, 3.8) is 0 Å². The maximum atomic E-state index is 4.57. The SMILES string of the molecule is Cc1nn(C2CCN(C)C2)c(C)c1Br. The van der Waals surface area contributed by atoms with Gasteiger partial charge in [-0.1, -0.05) is 0 Å². The molecule has 0 aliphatic carbocycles. The monoisotopic (exact) mass is 257 g/mol. The molecule has 2 rings (SSSR count). The van der Waals surface area contributed by atoms with Crippen LogP contribution in [0.2, 0.25) is 0 Å². The summed E-state index contributed by atoms with van der Waals surface area (Å²) in [5, 5.41) is 4.57. The van der Waals surface area contributed by atoms with Crippen molar-refractivity contribution >= 4 is 15.9 Å². The van der Waals surface area contributed by atoms with Crippen LogP contribution in [0.25, 0.3) is 0 Å². The summed E-state index contributed by atoms with van der Waals surface area (Å²) in [5.74, 6) is 0. The lowest BCUT2D eigenvalue weighted by Crippen LogP contribution is -2.18. The van der Waals surface area contributed by atoms with Crippen molar-refractivity contribution < 1.29 is 0 Å². The van der Waals surface area contributed by atoms with E-state index < -0.39 is 0 Å². The summed E-state index contributed by atoms with van der Waals surface area (Å²) in [5.41, 5.74) is 2.35. The van der Waals surface area contributed by atoms with Crippen LogP contribution in [0, 0.1) is 13.8 Å². The van der Waals surface area contributed by atoms with E-state index in [9.17, 15) is 0 Å². The molecule has 0 radical (unpaired) electrons. The van der Waals surface area contributed by atoms with Crippen LogP contribution in [0.5, 0.6) is 0 Å². The van der Waals surface area contributed by atoms with Gasteiger partial charge in [-0.3, -0.25) is 4.68 Å². The Kier molecular flexibility index (Phi) is 2.66. The molecule has 0 amide bonds. The summed E-state index contributed by atoms with van der Waals surface area (Å²) in [6, 6.07) is 0.560. The average molecular weight is 258 g/mol. The Labute approximate surface area is 93.2 Å². The van der Waals surface area contributed by atoms with Gasteiger partial charge in [0.05, 0.1) is 21.9 Å². The molecule has 1 aromatic heterocycles. The van der Waals surface area contributed by atoms with Gasteiger partial charge >= 0.3 is 0 Å². The number of likely N-dealkylation sites (tertiary alicyclic amines) is 1. The van der Waals surface area contributed by atoms with Crippen LogP contribution in [0.3, 0.4) is 0 Å². The maximum absolute atomic E-state index is 4.57. The van der Waals surface area contributed by atoms with Gasteiger partial charge in [0.15, 0.2) is 0 Å². The molecule has 2 heterocycles. The molecule has 78 valence electrons. The highest BCUT2D eigenvalue weighted by Gasteiger charge is 2.24. The van der Waals surface area contributed by atoms with E-state index in [4.69, 9.17) is 0 Å². The number of halogens is 1. The van der Waals surface area contributed by atoms with Crippen molar-refractivity contribution in [2.45, 2.75) is 26.3 Å². The first-order valence-electron chi connectivity index (χ1n) is 4.99. The van der Waals surface area contributed by atoms with Gasteiger partial charge < -0.3 is 4.90 Å². The minimum atomic E-state index is 0.560. The Morgan fingerprint density at radius 2 is 2.14 bits per heavy atom. The quantitative estimate of drug-likeness (QED) is 0.769. The first-order chi connectivity index (χ1) is 6.59. The van der Waals surface area contributed by atoms with Crippen molar-refractivity contribution in [2.75, 3.05) is 20.1 Å². The lowest BCUT2D eigenvalue weighted by Gasteiger charge is -2.12. The highest BCUT2D eigenvalue weighted by atomic mass is 79.9. The molecule has 4 heteroatoms. The highest BCUT2D eigenvalue weighted by Crippen LogP contribution is 2.27. The van der Waals surface area contributed by atoms with Crippen LogP contribution < -0.4 is 0 Å². The van der Waals surface area contributed by atoms with Crippen LogP contribution in [0.1, 0.15) is 23.9 Å². The Morgan fingerprint density at radius 3 is 2.57 bits per heavy atom. The molecule has 3 nitrogen and oxygen atoms in total. The van der Waals surface area contributed by atoms with E-state index in [1.807, 2.05) is 6.92 Å². The topological polar surface area (TPSA) is 21.1 Å². The number of hydrogen-bond acceptors (Lipinski definition) is 2. The number of hydrogen-bond donors (Lipinski definition) is 0. The number of likely N-dealkylation sites (N-methyl/N-ethyl adjacent to an activating group) is 1. The maximum Gasteiger partial charge on any atom is 0.0738 e. The fourth-order valence-electron chi connectivity index (χ4n) is 2.11. The standard InChI is InChI=1S/C10H16BrN3/c1-7-10(11)8(2)14(12-7)9-4-5-13(3)6-9/h9H,4-6H2,1-3H3. The Hall–Kier alpha value is -0.350. The van der Waals surface area contributed by atoms with Gasteiger partial charge in [-0.05, 0) is 49.8 Å². The number of nitrogens with zero attached hydrogens (tertiary/aromatic N) is 3. The lowest BCUT2D eigenvalue weighted by atomic mass is 10.2. The summed E-state index contributed by atoms with van der Waals surface area (Å²) >= 11 is 3.57. The molecule has 1 fully saturated rings. The molecule has 0 bridgehead atoms. The van der Waals surface area contributed by atoms with E-state index in [1.165, 1.54) is 18.7 Å². The first kappa shape index (κ1) is 10.2. The minimum Gasteiger partial charge on any atom is -0.304 e. The van der Waals surface area contributed by atoms with Crippen LogP contribution in [-0.4, -0.2) is 34.8 Å². The molecule has 1 unspecified atom stereocenters. The first-order valence-corrected chi connectivity index (χ1v) is 5.78. The minimum absolute atomic E-state index is 0.560. The molecule has 1 atom stereocenters. The van der Waals surface area contributed by atoms with Gasteiger partial charge in [0.1, 0.15) is 0 Å². The zero-order chi connectivity index (χ0) is 10.3. The van der Waals surface area contributed by atoms with Gasteiger partial charge in [-0.25, -0.2) is 0 Å².